The van der Waals surface area contributed by atoms with Gasteiger partial charge in [-0.3, -0.25) is 0 Å². The predicted molar refractivity (Wildman–Crippen MR) is 73.9 cm³/mol. The van der Waals surface area contributed by atoms with Crippen LogP contribution in [-0.2, 0) is 21.8 Å². The summed E-state index contributed by atoms with van der Waals surface area (Å²) in [5.41, 5.74) is 0. The molecule has 2 heterocycles. The number of quaternary nitrogens is 1. The fraction of sp³-hybridized carbons (Fsp3) is 0.800. The van der Waals surface area contributed by atoms with E-state index in [1.807, 2.05) is 0 Å². The molecule has 0 spiro atoms. The molecule has 0 bridgehead atoms. The van der Waals surface area contributed by atoms with Crippen LogP contribution in [-0.4, -0.2) is 63.2 Å². The second-order valence-corrected chi connectivity index (χ2v) is 6.29. The van der Waals surface area contributed by atoms with Gasteiger partial charge in [0, 0.05) is 12.8 Å². The molecular formula is C10H19F2N4O4S2+. The molecule has 0 aliphatic carbocycles. The zero-order valence-corrected chi connectivity index (χ0v) is 13.9. The first-order valence-corrected chi connectivity index (χ1v) is 8.51. The Hall–Kier alpha value is -1.27. The summed E-state index contributed by atoms with van der Waals surface area (Å²) in [6.45, 7) is 6.52. The molecule has 0 radical (unpaired) electrons. The fourth-order valence-corrected chi connectivity index (χ4v) is 2.54. The highest BCUT2D eigenvalue weighted by molar-refractivity contribution is 7.86. The van der Waals surface area contributed by atoms with Crippen LogP contribution in [0.25, 0.3) is 0 Å². The van der Waals surface area contributed by atoms with Gasteiger partial charge in [0.2, 0.25) is 0 Å². The summed E-state index contributed by atoms with van der Waals surface area (Å²) < 4.78 is 61.3. The Morgan fingerprint density at radius 1 is 1.32 bits per heavy atom. The number of rotatable bonds is 3. The molecule has 0 unspecified atom stereocenters. The molecule has 1 aromatic heterocycles. The number of nitrogens with one attached hydrogen (secondary N) is 1. The van der Waals surface area contributed by atoms with Crippen molar-refractivity contribution in [3.8, 4) is 0 Å². The number of nitrogens with zero attached hydrogens (tertiary/aromatic N) is 3. The number of H-pyrrole nitrogens is 1. The maximum absolute atomic E-state index is 11.8. The normalized spacial score (nSPS) is 16.0. The van der Waals surface area contributed by atoms with E-state index in [-0.39, 0.29) is 0 Å². The Morgan fingerprint density at radius 2 is 1.82 bits per heavy atom. The lowest BCUT2D eigenvalue weighted by atomic mass is 10.4. The van der Waals surface area contributed by atoms with Gasteiger partial charge in [-0.25, -0.2) is 5.10 Å². The minimum atomic E-state index is -4.98. The number of aromatic amines is 1. The van der Waals surface area contributed by atoms with E-state index in [2.05, 4.69) is 24.1 Å². The van der Waals surface area contributed by atoms with Crippen molar-refractivity contribution in [1.29, 1.82) is 0 Å². The molecule has 128 valence electrons. The van der Waals surface area contributed by atoms with Gasteiger partial charge in [-0.2, -0.15) is 26.2 Å². The first-order valence-electron chi connectivity index (χ1n) is 6.46. The highest BCUT2D eigenvalue weighted by atomic mass is 32.3. The van der Waals surface area contributed by atoms with Gasteiger partial charge in [0.1, 0.15) is 0 Å². The summed E-state index contributed by atoms with van der Waals surface area (Å²) in [6.07, 6.45) is 3.01. The molecule has 0 aromatic carbocycles. The minimum absolute atomic E-state index is 0.750. The van der Waals surface area contributed by atoms with Crippen molar-refractivity contribution in [2.45, 2.75) is 31.3 Å². The number of likely N-dealkylation sites (tertiary alicyclic amines) is 1. The average molecular weight is 361 g/mol. The molecule has 0 atom stereocenters. The topological polar surface area (TPSA) is 110 Å². The van der Waals surface area contributed by atoms with E-state index in [1.165, 1.54) is 48.5 Å². The highest BCUT2D eigenvalue weighted by Gasteiger charge is 2.24. The standard InChI is InChI=1S/C8H18N.C2HF2N3O2S.O2S/c1-3-6-9(2)7-4-5-8-9;3-1-5-2(7-6-1)10(4,8)9;1-3-2/h3-8H2,1-2H3;(H,5,6,7);/q+1;;. The lowest BCUT2D eigenvalue weighted by Crippen LogP contribution is -2.41. The van der Waals surface area contributed by atoms with Gasteiger partial charge in [0.15, 0.2) is 0 Å². The van der Waals surface area contributed by atoms with Gasteiger partial charge in [0.25, 0.3) is 0 Å². The highest BCUT2D eigenvalue weighted by Crippen LogP contribution is 2.15. The third kappa shape index (κ3) is 8.24. The summed E-state index contributed by atoms with van der Waals surface area (Å²) in [4.78, 5) is 2.59. The van der Waals surface area contributed by atoms with Gasteiger partial charge in [-0.05, 0) is 6.42 Å². The lowest BCUT2D eigenvalue weighted by Gasteiger charge is -2.28. The van der Waals surface area contributed by atoms with E-state index in [0.717, 1.165) is 0 Å². The molecule has 12 heteroatoms. The van der Waals surface area contributed by atoms with Gasteiger partial charge in [0.05, 0.1) is 26.7 Å². The first-order chi connectivity index (χ1) is 10.2. The maximum atomic E-state index is 11.8. The van der Waals surface area contributed by atoms with Crippen LogP contribution < -0.4 is 0 Å². The summed E-state index contributed by atoms with van der Waals surface area (Å²) in [5.74, 6) is 0. The van der Waals surface area contributed by atoms with Crippen LogP contribution in [0, 0.1) is 6.08 Å². The van der Waals surface area contributed by atoms with Crippen LogP contribution in [0.5, 0.6) is 0 Å². The van der Waals surface area contributed by atoms with Crippen LogP contribution in [0.1, 0.15) is 26.2 Å². The molecule has 0 saturated carbocycles. The molecule has 1 N–H and O–H groups in total. The largest absolute Gasteiger partial charge is 0.370 e. The molecule has 22 heavy (non-hydrogen) atoms. The van der Waals surface area contributed by atoms with Crippen LogP contribution >= 0.6 is 0 Å². The SMILES string of the molecule is CCC[N+]1(C)CCCC1.O=S(=O)(F)c1n[nH]c(F)n1.O=S=O. The quantitative estimate of drug-likeness (QED) is 0.622. The van der Waals surface area contributed by atoms with Crippen molar-refractivity contribution in [2.75, 3.05) is 26.7 Å². The third-order valence-corrected chi connectivity index (χ3v) is 3.68. The fourth-order valence-electron chi connectivity index (χ4n) is 2.20. The van der Waals surface area contributed by atoms with Gasteiger partial charge >= 0.3 is 33.0 Å². The zero-order valence-electron chi connectivity index (χ0n) is 12.3. The van der Waals surface area contributed by atoms with E-state index in [9.17, 15) is 16.7 Å². The molecule has 1 aromatic rings. The average Bonchev–Trinajstić information content (AvgIpc) is 3.00. The van der Waals surface area contributed by atoms with Crippen molar-refractivity contribution >= 4 is 21.8 Å². The van der Waals surface area contributed by atoms with Crippen LogP contribution in [0.3, 0.4) is 0 Å². The summed E-state index contributed by atoms with van der Waals surface area (Å²) in [6, 6.07) is 0. The van der Waals surface area contributed by atoms with Crippen molar-refractivity contribution in [3.63, 3.8) is 0 Å². The summed E-state index contributed by atoms with van der Waals surface area (Å²) in [5, 5.41) is 3.05. The van der Waals surface area contributed by atoms with E-state index in [0.29, 0.717) is 0 Å². The van der Waals surface area contributed by atoms with Crippen LogP contribution in [0.15, 0.2) is 5.16 Å². The van der Waals surface area contributed by atoms with Crippen LogP contribution in [0.2, 0.25) is 0 Å². The lowest BCUT2D eigenvalue weighted by molar-refractivity contribution is -0.897. The first kappa shape index (κ1) is 20.7. The minimum Gasteiger partial charge on any atom is -0.326 e. The van der Waals surface area contributed by atoms with E-state index in [1.54, 1.807) is 0 Å². The third-order valence-electron chi connectivity index (χ3n) is 3.07. The number of hydrogen-bond acceptors (Lipinski definition) is 6. The summed E-state index contributed by atoms with van der Waals surface area (Å²) in [7, 11) is -2.59. The van der Waals surface area contributed by atoms with E-state index < -0.39 is 33.0 Å². The van der Waals surface area contributed by atoms with E-state index >= 15 is 0 Å². The van der Waals surface area contributed by atoms with E-state index in [4.69, 9.17) is 8.42 Å². The molecule has 2 rings (SSSR count). The number of aromatic nitrogens is 3. The molecule has 8 nitrogen and oxygen atoms in total. The maximum Gasteiger partial charge on any atom is 0.370 e. The summed E-state index contributed by atoms with van der Waals surface area (Å²) >= 11 is -0.750. The molecule has 1 aliphatic heterocycles. The van der Waals surface area contributed by atoms with Crippen molar-refractivity contribution < 1.29 is 29.6 Å². The Bertz CT molecular complexity index is 582. The van der Waals surface area contributed by atoms with Gasteiger partial charge in [-0.15, -0.1) is 5.10 Å². The Morgan fingerprint density at radius 3 is 2.09 bits per heavy atom. The van der Waals surface area contributed by atoms with Crippen molar-refractivity contribution in [3.05, 3.63) is 6.08 Å². The number of hydrogen-bond donors (Lipinski definition) is 1. The molecule has 1 saturated heterocycles. The molecule has 1 aliphatic rings. The second kappa shape index (κ2) is 9.69. The predicted octanol–water partition coefficient (Wildman–Crippen LogP) is 0.569. The number of halogens is 2. The Labute approximate surface area is 131 Å². The molecular weight excluding hydrogens is 342 g/mol. The van der Waals surface area contributed by atoms with Gasteiger partial charge in [-0.1, -0.05) is 10.8 Å². The van der Waals surface area contributed by atoms with Crippen molar-refractivity contribution in [2.24, 2.45) is 0 Å². The zero-order chi connectivity index (χ0) is 17.2. The molecule has 1 fully saturated rings. The van der Waals surface area contributed by atoms with Gasteiger partial charge < -0.3 is 4.48 Å². The Balaban J connectivity index is 0.000000342. The smallest absolute Gasteiger partial charge is 0.326 e. The Kier molecular flexibility index (Phi) is 9.13. The van der Waals surface area contributed by atoms with Crippen molar-refractivity contribution in [1.82, 2.24) is 15.2 Å². The second-order valence-electron chi connectivity index (χ2n) is 4.91. The molecule has 0 amide bonds. The monoisotopic (exact) mass is 361 g/mol. The van der Waals surface area contributed by atoms with Crippen LogP contribution in [0.4, 0.5) is 8.28 Å².